The highest BCUT2D eigenvalue weighted by atomic mass is 32.2. The van der Waals surface area contributed by atoms with Crippen LogP contribution in [0.5, 0.6) is 0 Å². The Labute approximate surface area is 112 Å². The summed E-state index contributed by atoms with van der Waals surface area (Å²) in [5, 5.41) is 0. The number of pyridine rings is 1. The molecule has 0 unspecified atom stereocenters. The number of likely N-dealkylation sites (tertiary alicyclic amines) is 1. The summed E-state index contributed by atoms with van der Waals surface area (Å²) >= 11 is 1.64. The number of hydrogen-bond donors (Lipinski definition) is 1. The van der Waals surface area contributed by atoms with Gasteiger partial charge in [-0.05, 0) is 37.0 Å². The number of nitrogens with two attached hydrogens (primary N) is 1. The van der Waals surface area contributed by atoms with Gasteiger partial charge in [0.05, 0.1) is 5.75 Å². The number of rotatable bonds is 4. The van der Waals surface area contributed by atoms with Crippen LogP contribution in [0.3, 0.4) is 0 Å². The van der Waals surface area contributed by atoms with Crippen molar-refractivity contribution in [3.63, 3.8) is 0 Å². The topological polar surface area (TPSA) is 59.2 Å². The van der Waals surface area contributed by atoms with Crippen molar-refractivity contribution in [1.82, 2.24) is 9.88 Å². The van der Waals surface area contributed by atoms with Crippen LogP contribution in [0.1, 0.15) is 24.8 Å². The summed E-state index contributed by atoms with van der Waals surface area (Å²) in [7, 11) is 0. The fourth-order valence-corrected chi connectivity index (χ4v) is 2.95. The molecule has 4 nitrogen and oxygen atoms in total. The third-order valence-corrected chi connectivity index (χ3v) is 4.04. The normalized spacial score (nSPS) is 15.7. The molecular weight excluding hydrogens is 246 g/mol. The maximum atomic E-state index is 11.9. The Bertz CT molecular complexity index is 405. The lowest BCUT2D eigenvalue weighted by molar-refractivity contribution is -0.129. The van der Waals surface area contributed by atoms with E-state index in [9.17, 15) is 4.79 Å². The number of hydrogen-bond acceptors (Lipinski definition) is 4. The highest BCUT2D eigenvalue weighted by molar-refractivity contribution is 7.99. The van der Waals surface area contributed by atoms with E-state index in [1.807, 2.05) is 17.0 Å². The molecule has 2 rings (SSSR count). The molecule has 1 saturated heterocycles. The summed E-state index contributed by atoms with van der Waals surface area (Å²) in [5.41, 5.74) is 6.74. The number of piperidine rings is 1. The zero-order valence-corrected chi connectivity index (χ0v) is 11.3. The second-order valence-electron chi connectivity index (χ2n) is 4.52. The zero-order chi connectivity index (χ0) is 12.8. The van der Waals surface area contributed by atoms with E-state index < -0.39 is 0 Å². The number of carbonyl (C=O) groups excluding carboxylic acids is 1. The predicted molar refractivity (Wildman–Crippen MR) is 75.2 cm³/mol. The highest BCUT2D eigenvalue weighted by Crippen LogP contribution is 2.15. The Kier molecular flexibility index (Phi) is 4.87. The van der Waals surface area contributed by atoms with E-state index in [0.717, 1.165) is 37.2 Å². The average molecular weight is 265 g/mol. The molecule has 0 spiro atoms. The first-order valence-electron chi connectivity index (χ1n) is 6.31. The minimum Gasteiger partial charge on any atom is -0.384 e. The number of anilines is 1. The van der Waals surface area contributed by atoms with Crippen molar-refractivity contribution >= 4 is 23.5 Å². The van der Waals surface area contributed by atoms with Gasteiger partial charge in [-0.15, -0.1) is 11.8 Å². The number of nitrogens with zero attached hydrogens (tertiary/aromatic N) is 2. The molecule has 1 aliphatic heterocycles. The molecule has 1 aliphatic rings. The van der Waals surface area contributed by atoms with Crippen LogP contribution in [-0.2, 0) is 10.5 Å². The first-order chi connectivity index (χ1) is 8.75. The lowest BCUT2D eigenvalue weighted by Gasteiger charge is -2.26. The smallest absolute Gasteiger partial charge is 0.232 e. The predicted octanol–water partition coefficient (Wildman–Crippen LogP) is 1.91. The summed E-state index contributed by atoms with van der Waals surface area (Å²) in [6.07, 6.45) is 5.26. The molecule has 0 bridgehead atoms. The first-order valence-corrected chi connectivity index (χ1v) is 7.47. The van der Waals surface area contributed by atoms with Crippen LogP contribution in [0.15, 0.2) is 18.3 Å². The van der Waals surface area contributed by atoms with Crippen molar-refractivity contribution in [2.24, 2.45) is 0 Å². The molecular formula is C13H19N3OS. The monoisotopic (exact) mass is 265 g/mol. The van der Waals surface area contributed by atoms with Gasteiger partial charge in [-0.2, -0.15) is 0 Å². The van der Waals surface area contributed by atoms with Crippen LogP contribution in [-0.4, -0.2) is 34.6 Å². The third kappa shape index (κ3) is 3.91. The van der Waals surface area contributed by atoms with Gasteiger partial charge in [-0.1, -0.05) is 0 Å². The van der Waals surface area contributed by atoms with Gasteiger partial charge in [0.25, 0.3) is 0 Å². The highest BCUT2D eigenvalue weighted by Gasteiger charge is 2.15. The minimum absolute atomic E-state index is 0.265. The zero-order valence-electron chi connectivity index (χ0n) is 10.5. The van der Waals surface area contributed by atoms with Crippen molar-refractivity contribution < 1.29 is 4.79 Å². The van der Waals surface area contributed by atoms with Crippen molar-refractivity contribution in [2.45, 2.75) is 25.0 Å². The fraction of sp³-hybridized carbons (Fsp3) is 0.538. The maximum Gasteiger partial charge on any atom is 0.232 e. The van der Waals surface area contributed by atoms with Crippen molar-refractivity contribution in [3.05, 3.63) is 23.9 Å². The van der Waals surface area contributed by atoms with Crippen LogP contribution in [0, 0.1) is 0 Å². The van der Waals surface area contributed by atoms with Crippen LogP contribution in [0.2, 0.25) is 0 Å². The van der Waals surface area contributed by atoms with E-state index in [2.05, 4.69) is 4.98 Å². The Morgan fingerprint density at radius 3 is 2.89 bits per heavy atom. The Hall–Kier alpha value is -1.23. The van der Waals surface area contributed by atoms with E-state index >= 15 is 0 Å². The largest absolute Gasteiger partial charge is 0.384 e. The number of aromatic nitrogens is 1. The molecule has 1 aromatic rings. The minimum atomic E-state index is 0.265. The van der Waals surface area contributed by atoms with E-state index in [4.69, 9.17) is 5.73 Å². The molecule has 98 valence electrons. The molecule has 0 aromatic carbocycles. The molecule has 2 heterocycles. The molecule has 2 N–H and O–H groups in total. The lowest BCUT2D eigenvalue weighted by Crippen LogP contribution is -2.36. The maximum absolute atomic E-state index is 11.9. The number of thioether (sulfide) groups is 1. The number of amides is 1. The quantitative estimate of drug-likeness (QED) is 0.903. The van der Waals surface area contributed by atoms with Gasteiger partial charge in [-0.3, -0.25) is 4.79 Å². The van der Waals surface area contributed by atoms with E-state index in [0.29, 0.717) is 11.6 Å². The molecule has 1 fully saturated rings. The summed E-state index contributed by atoms with van der Waals surface area (Å²) in [6, 6.07) is 3.80. The molecule has 0 aliphatic carbocycles. The van der Waals surface area contributed by atoms with E-state index in [-0.39, 0.29) is 5.91 Å². The average Bonchev–Trinajstić information content (AvgIpc) is 2.40. The Morgan fingerprint density at radius 2 is 2.17 bits per heavy atom. The second kappa shape index (κ2) is 6.64. The summed E-state index contributed by atoms with van der Waals surface area (Å²) in [6.45, 7) is 1.86. The van der Waals surface area contributed by atoms with Gasteiger partial charge in [-0.25, -0.2) is 4.98 Å². The van der Waals surface area contributed by atoms with Gasteiger partial charge in [0.1, 0.15) is 5.82 Å². The molecule has 5 heteroatoms. The van der Waals surface area contributed by atoms with Gasteiger partial charge < -0.3 is 10.6 Å². The van der Waals surface area contributed by atoms with Gasteiger partial charge in [0, 0.05) is 25.0 Å². The van der Waals surface area contributed by atoms with Crippen molar-refractivity contribution in [3.8, 4) is 0 Å². The standard InChI is InChI=1S/C13H19N3OS/c14-12-8-11(4-5-15-12)9-18-10-13(17)16-6-2-1-3-7-16/h4-5,8H,1-3,6-7,9-10H2,(H2,14,15). The molecule has 0 saturated carbocycles. The van der Waals surface area contributed by atoms with Crippen LogP contribution in [0.25, 0.3) is 0 Å². The van der Waals surface area contributed by atoms with Crippen LogP contribution in [0.4, 0.5) is 5.82 Å². The van der Waals surface area contributed by atoms with E-state index in [1.165, 1.54) is 6.42 Å². The van der Waals surface area contributed by atoms with Crippen LogP contribution < -0.4 is 5.73 Å². The van der Waals surface area contributed by atoms with Gasteiger partial charge in [0.15, 0.2) is 0 Å². The SMILES string of the molecule is Nc1cc(CSCC(=O)N2CCCCC2)ccn1. The fourth-order valence-electron chi connectivity index (χ4n) is 2.07. The summed E-state index contributed by atoms with van der Waals surface area (Å²) in [5.74, 6) is 2.17. The Balaban J connectivity index is 1.73. The number of carbonyl (C=O) groups is 1. The van der Waals surface area contributed by atoms with Crippen molar-refractivity contribution in [2.75, 3.05) is 24.6 Å². The molecule has 0 radical (unpaired) electrons. The molecule has 18 heavy (non-hydrogen) atoms. The van der Waals surface area contributed by atoms with Gasteiger partial charge >= 0.3 is 0 Å². The second-order valence-corrected chi connectivity index (χ2v) is 5.51. The van der Waals surface area contributed by atoms with E-state index in [1.54, 1.807) is 18.0 Å². The molecule has 1 aromatic heterocycles. The molecule has 1 amide bonds. The first kappa shape index (κ1) is 13.2. The van der Waals surface area contributed by atoms with Crippen molar-refractivity contribution in [1.29, 1.82) is 0 Å². The Morgan fingerprint density at radius 1 is 1.39 bits per heavy atom. The lowest BCUT2D eigenvalue weighted by atomic mass is 10.1. The summed E-state index contributed by atoms with van der Waals surface area (Å²) < 4.78 is 0. The van der Waals surface area contributed by atoms with Gasteiger partial charge in [0.2, 0.25) is 5.91 Å². The number of nitrogen functional groups attached to an aromatic ring is 1. The third-order valence-electron chi connectivity index (χ3n) is 3.05. The molecule has 0 atom stereocenters. The summed E-state index contributed by atoms with van der Waals surface area (Å²) in [4.78, 5) is 17.9. The van der Waals surface area contributed by atoms with Crippen LogP contribution >= 0.6 is 11.8 Å².